The highest BCUT2D eigenvalue weighted by atomic mass is 16.1. The first-order valence-corrected chi connectivity index (χ1v) is 12.6. The first-order valence-electron chi connectivity index (χ1n) is 12.6. The van der Waals surface area contributed by atoms with Gasteiger partial charge in [-0.3, -0.25) is 4.79 Å². The van der Waals surface area contributed by atoms with E-state index in [0.717, 1.165) is 32.0 Å². The maximum atomic E-state index is 12.7. The first kappa shape index (κ1) is 21.8. The van der Waals surface area contributed by atoms with E-state index in [4.69, 9.17) is 0 Å². The highest BCUT2D eigenvalue weighted by molar-refractivity contribution is 5.79. The lowest BCUT2D eigenvalue weighted by atomic mass is 9.91. The van der Waals surface area contributed by atoms with Gasteiger partial charge >= 0.3 is 0 Å². The van der Waals surface area contributed by atoms with Crippen molar-refractivity contribution >= 4 is 5.91 Å². The van der Waals surface area contributed by atoms with Gasteiger partial charge in [-0.2, -0.15) is 0 Å². The molecule has 4 heteroatoms. The molecule has 1 aromatic rings. The minimum Gasteiger partial charge on any atom is -0.353 e. The number of nitrogens with zero attached hydrogens (tertiary/aromatic N) is 2. The van der Waals surface area contributed by atoms with Gasteiger partial charge in [-0.1, -0.05) is 49.6 Å². The second-order valence-corrected chi connectivity index (χ2v) is 9.82. The quantitative estimate of drug-likeness (QED) is 0.729. The van der Waals surface area contributed by atoms with Crippen LogP contribution in [0.3, 0.4) is 0 Å². The fourth-order valence-electron chi connectivity index (χ4n) is 5.75. The van der Waals surface area contributed by atoms with Crippen molar-refractivity contribution in [2.75, 3.05) is 32.7 Å². The van der Waals surface area contributed by atoms with Gasteiger partial charge in [0.05, 0.1) is 0 Å². The summed E-state index contributed by atoms with van der Waals surface area (Å²) in [5.41, 5.74) is 1.46. The monoisotopic (exact) mass is 411 g/mol. The van der Waals surface area contributed by atoms with Gasteiger partial charge in [0, 0.05) is 18.0 Å². The van der Waals surface area contributed by atoms with Crippen LogP contribution in [0, 0.1) is 5.92 Å². The Balaban J connectivity index is 1.11. The Labute approximate surface area is 183 Å². The molecule has 1 N–H and O–H groups in total. The molecule has 3 fully saturated rings. The Morgan fingerprint density at radius 1 is 0.867 bits per heavy atom. The van der Waals surface area contributed by atoms with Crippen LogP contribution in [0.4, 0.5) is 0 Å². The summed E-state index contributed by atoms with van der Waals surface area (Å²) in [6.45, 7) is 5.93. The van der Waals surface area contributed by atoms with Crippen LogP contribution in [0.5, 0.6) is 0 Å². The number of carbonyl (C=O) groups excluding carboxylic acids is 1. The van der Waals surface area contributed by atoms with Gasteiger partial charge in [0.25, 0.3) is 0 Å². The molecule has 0 spiro atoms. The lowest BCUT2D eigenvalue weighted by Crippen LogP contribution is -2.50. The van der Waals surface area contributed by atoms with Crippen LogP contribution >= 0.6 is 0 Å². The Bertz CT molecular complexity index is 627. The summed E-state index contributed by atoms with van der Waals surface area (Å²) < 4.78 is 0. The molecule has 2 heterocycles. The molecule has 1 saturated carbocycles. The second-order valence-electron chi connectivity index (χ2n) is 9.82. The molecule has 0 bridgehead atoms. The van der Waals surface area contributed by atoms with E-state index in [0.29, 0.717) is 11.9 Å². The second kappa shape index (κ2) is 11.3. The topological polar surface area (TPSA) is 35.6 Å². The van der Waals surface area contributed by atoms with Crippen molar-refractivity contribution in [3.05, 3.63) is 35.9 Å². The SMILES string of the molecule is O=C(NC1CCCCC1)C1CCN(C2CCN(CCCc3ccccc3)CC2)CC1. The number of hydrogen-bond acceptors (Lipinski definition) is 3. The predicted molar refractivity (Wildman–Crippen MR) is 124 cm³/mol. The maximum Gasteiger partial charge on any atom is 0.223 e. The summed E-state index contributed by atoms with van der Waals surface area (Å²) in [6.07, 6.45) is 13.4. The summed E-state index contributed by atoms with van der Waals surface area (Å²) in [6, 6.07) is 12.1. The highest BCUT2D eigenvalue weighted by Gasteiger charge is 2.31. The predicted octanol–water partition coefficient (Wildman–Crippen LogP) is 4.24. The van der Waals surface area contributed by atoms with Crippen molar-refractivity contribution < 1.29 is 4.79 Å². The van der Waals surface area contributed by atoms with Gasteiger partial charge in [0.15, 0.2) is 0 Å². The van der Waals surface area contributed by atoms with Crippen molar-refractivity contribution in [3.8, 4) is 0 Å². The zero-order valence-corrected chi connectivity index (χ0v) is 18.7. The van der Waals surface area contributed by atoms with Crippen molar-refractivity contribution in [2.24, 2.45) is 5.92 Å². The molecule has 0 atom stereocenters. The summed E-state index contributed by atoms with van der Waals surface area (Å²) in [5.74, 6) is 0.594. The Morgan fingerprint density at radius 3 is 2.27 bits per heavy atom. The van der Waals surface area contributed by atoms with Gasteiger partial charge < -0.3 is 15.1 Å². The number of benzene rings is 1. The molecule has 1 amide bonds. The smallest absolute Gasteiger partial charge is 0.223 e. The van der Waals surface area contributed by atoms with Crippen LogP contribution in [0.15, 0.2) is 30.3 Å². The van der Waals surface area contributed by atoms with E-state index in [1.54, 1.807) is 0 Å². The normalized spacial score (nSPS) is 23.5. The molecule has 166 valence electrons. The summed E-state index contributed by atoms with van der Waals surface area (Å²) in [4.78, 5) is 18.0. The molecule has 4 rings (SSSR count). The van der Waals surface area contributed by atoms with Gasteiger partial charge in [0.2, 0.25) is 5.91 Å². The summed E-state index contributed by atoms with van der Waals surface area (Å²) >= 11 is 0. The summed E-state index contributed by atoms with van der Waals surface area (Å²) in [5, 5.41) is 3.36. The van der Waals surface area contributed by atoms with E-state index in [-0.39, 0.29) is 5.92 Å². The standard InChI is InChI=1S/C26H41N3O/c30-26(27-24-11-5-2-6-12-24)23-13-20-29(21-14-23)25-15-18-28(19-16-25)17-7-10-22-8-3-1-4-9-22/h1,3-4,8-9,23-25H,2,5-7,10-21H2,(H,27,30). The number of aryl methyl sites for hydroxylation is 1. The Kier molecular flexibility index (Phi) is 8.22. The molecule has 1 aromatic carbocycles. The maximum absolute atomic E-state index is 12.7. The number of piperidine rings is 2. The number of rotatable bonds is 7. The summed E-state index contributed by atoms with van der Waals surface area (Å²) in [7, 11) is 0. The average Bonchev–Trinajstić information content (AvgIpc) is 2.81. The van der Waals surface area contributed by atoms with Crippen LogP contribution in [0.2, 0.25) is 0 Å². The number of amides is 1. The molecule has 30 heavy (non-hydrogen) atoms. The van der Waals surface area contributed by atoms with Crippen LogP contribution in [0.25, 0.3) is 0 Å². The third-order valence-electron chi connectivity index (χ3n) is 7.71. The largest absolute Gasteiger partial charge is 0.353 e. The third kappa shape index (κ3) is 6.31. The van der Waals surface area contributed by atoms with Gasteiger partial charge in [-0.05, 0) is 89.7 Å². The van der Waals surface area contributed by atoms with Crippen LogP contribution in [-0.4, -0.2) is 60.5 Å². The Morgan fingerprint density at radius 2 is 1.57 bits per heavy atom. The van der Waals surface area contributed by atoms with Crippen molar-refractivity contribution in [1.82, 2.24) is 15.1 Å². The first-order chi connectivity index (χ1) is 14.8. The fraction of sp³-hybridized carbons (Fsp3) is 0.731. The van der Waals surface area contributed by atoms with Crippen molar-refractivity contribution in [3.63, 3.8) is 0 Å². The van der Waals surface area contributed by atoms with E-state index in [1.165, 1.54) is 83.0 Å². The van der Waals surface area contributed by atoms with E-state index < -0.39 is 0 Å². The zero-order valence-electron chi connectivity index (χ0n) is 18.7. The molecule has 0 unspecified atom stereocenters. The minimum atomic E-state index is 0.251. The molecule has 4 nitrogen and oxygen atoms in total. The molecular weight excluding hydrogens is 370 g/mol. The molecule has 2 saturated heterocycles. The van der Waals surface area contributed by atoms with Crippen LogP contribution < -0.4 is 5.32 Å². The lowest BCUT2D eigenvalue weighted by Gasteiger charge is -2.41. The zero-order chi connectivity index (χ0) is 20.6. The van der Waals surface area contributed by atoms with E-state index >= 15 is 0 Å². The third-order valence-corrected chi connectivity index (χ3v) is 7.71. The van der Waals surface area contributed by atoms with E-state index in [2.05, 4.69) is 45.4 Å². The molecular formula is C26H41N3O. The van der Waals surface area contributed by atoms with Crippen molar-refractivity contribution in [1.29, 1.82) is 0 Å². The number of likely N-dealkylation sites (tertiary alicyclic amines) is 2. The van der Waals surface area contributed by atoms with Crippen molar-refractivity contribution in [2.45, 2.75) is 82.7 Å². The molecule has 0 radical (unpaired) electrons. The number of carbonyl (C=O) groups is 1. The number of nitrogens with one attached hydrogen (secondary N) is 1. The fourth-order valence-corrected chi connectivity index (χ4v) is 5.75. The lowest BCUT2D eigenvalue weighted by molar-refractivity contribution is -0.127. The van der Waals surface area contributed by atoms with Crippen LogP contribution in [0.1, 0.15) is 69.8 Å². The minimum absolute atomic E-state index is 0.251. The highest BCUT2D eigenvalue weighted by Crippen LogP contribution is 2.25. The van der Waals surface area contributed by atoms with E-state index in [9.17, 15) is 4.79 Å². The average molecular weight is 412 g/mol. The molecule has 1 aliphatic carbocycles. The van der Waals surface area contributed by atoms with Gasteiger partial charge in [-0.25, -0.2) is 0 Å². The molecule has 0 aromatic heterocycles. The van der Waals surface area contributed by atoms with Gasteiger partial charge in [0.1, 0.15) is 0 Å². The molecule has 2 aliphatic heterocycles. The number of hydrogen-bond donors (Lipinski definition) is 1. The molecule has 3 aliphatic rings. The van der Waals surface area contributed by atoms with Crippen LogP contribution in [-0.2, 0) is 11.2 Å². The van der Waals surface area contributed by atoms with Gasteiger partial charge in [-0.15, -0.1) is 0 Å². The Hall–Kier alpha value is -1.39. The van der Waals surface area contributed by atoms with E-state index in [1.807, 2.05) is 0 Å².